The van der Waals surface area contributed by atoms with E-state index in [1.54, 1.807) is 0 Å². The lowest BCUT2D eigenvalue weighted by Crippen LogP contribution is -2.46. The Kier molecular flexibility index (Phi) is 39.8. The maximum atomic E-state index is 12.9. The summed E-state index contributed by atoms with van der Waals surface area (Å²) in [6.07, 6.45) is 51.3. The van der Waals surface area contributed by atoms with Crippen molar-refractivity contribution in [3.8, 4) is 0 Å². The quantitative estimate of drug-likeness (QED) is 0.0274. The molecule has 3 atom stereocenters. The summed E-state index contributed by atoms with van der Waals surface area (Å²) in [5, 5.41) is 13.9. The number of phosphoric acid groups is 1. The number of quaternary nitrogens is 1. The summed E-state index contributed by atoms with van der Waals surface area (Å²) < 4.78 is 23.2. The fraction of sp³-hybridized carbons (Fsp3) is 0.816. The summed E-state index contributed by atoms with van der Waals surface area (Å²) in [5.41, 5.74) is 0. The van der Waals surface area contributed by atoms with Crippen LogP contribution in [0.25, 0.3) is 0 Å². The van der Waals surface area contributed by atoms with Crippen molar-refractivity contribution >= 4 is 13.7 Å². The van der Waals surface area contributed by atoms with Gasteiger partial charge in [0.05, 0.1) is 39.9 Å². The number of hydrogen-bond donors (Lipinski definition) is 2. The van der Waals surface area contributed by atoms with Crippen LogP contribution in [0.4, 0.5) is 0 Å². The van der Waals surface area contributed by atoms with Gasteiger partial charge in [-0.1, -0.05) is 197 Å². The van der Waals surface area contributed by atoms with Crippen molar-refractivity contribution in [1.82, 2.24) is 5.32 Å². The summed E-state index contributed by atoms with van der Waals surface area (Å²) in [7, 11) is 1.30. The molecular weight excluding hydrogens is 744 g/mol. The topological polar surface area (TPSA) is 108 Å². The zero-order valence-electron chi connectivity index (χ0n) is 38.5. The van der Waals surface area contributed by atoms with E-state index in [4.69, 9.17) is 9.05 Å². The van der Waals surface area contributed by atoms with E-state index in [1.807, 2.05) is 21.1 Å². The highest BCUT2D eigenvalue weighted by molar-refractivity contribution is 7.45. The number of allylic oxidation sites excluding steroid dienone is 8. The van der Waals surface area contributed by atoms with E-state index >= 15 is 0 Å². The summed E-state index contributed by atoms with van der Waals surface area (Å²) in [6, 6.07) is -0.799. The number of aliphatic hydroxyl groups is 1. The van der Waals surface area contributed by atoms with Gasteiger partial charge in [0.25, 0.3) is 7.82 Å². The molecular formula is C49H93N2O6P. The second-order valence-corrected chi connectivity index (χ2v) is 18.8. The predicted octanol–water partition coefficient (Wildman–Crippen LogP) is 13.0. The van der Waals surface area contributed by atoms with Crippen LogP contribution >= 0.6 is 7.82 Å². The minimum atomic E-state index is -4.56. The minimum Gasteiger partial charge on any atom is -0.756 e. The standard InChI is InChI=1S/C49H93N2O6P/c1-6-8-10-12-14-16-17-18-19-20-21-22-23-24-25-26-27-28-29-30-31-32-33-35-37-39-41-43-49(53)50-47(46-57-58(54,55)56-45-44-51(3,4)5)48(52)42-40-38-36-34-15-13-11-9-7-2/h8,10,14,16,18-19,21-22,47-48,52H,6-7,9,11-13,15,17,20,23-46H2,1-5H3,(H-,50,53,54,55)/b10-8-,16-14-,19-18-,22-21-. The molecule has 0 aliphatic carbocycles. The molecule has 0 bridgehead atoms. The minimum absolute atomic E-state index is 0.0112. The number of phosphoric ester groups is 1. The molecule has 0 spiro atoms. The second-order valence-electron chi connectivity index (χ2n) is 17.4. The van der Waals surface area contributed by atoms with E-state index in [1.165, 1.54) is 116 Å². The first-order chi connectivity index (χ1) is 28.0. The number of hydrogen-bond acceptors (Lipinski definition) is 6. The predicted molar refractivity (Wildman–Crippen MR) is 247 cm³/mol. The molecule has 0 aliphatic heterocycles. The molecule has 3 unspecified atom stereocenters. The highest BCUT2D eigenvalue weighted by Crippen LogP contribution is 2.38. The molecule has 2 N–H and O–H groups in total. The van der Waals surface area contributed by atoms with Crippen molar-refractivity contribution < 1.29 is 32.9 Å². The smallest absolute Gasteiger partial charge is 0.268 e. The Morgan fingerprint density at radius 3 is 1.53 bits per heavy atom. The number of aliphatic hydroxyl groups excluding tert-OH is 1. The number of nitrogens with zero attached hydrogens (tertiary/aromatic N) is 1. The molecule has 1 amide bonds. The van der Waals surface area contributed by atoms with Gasteiger partial charge in [0.2, 0.25) is 5.91 Å². The summed E-state index contributed by atoms with van der Waals surface area (Å²) in [5.74, 6) is -0.169. The number of rotatable bonds is 43. The van der Waals surface area contributed by atoms with E-state index in [9.17, 15) is 19.4 Å². The molecule has 0 saturated carbocycles. The summed E-state index contributed by atoms with van der Waals surface area (Å²) in [6.45, 7) is 4.58. The van der Waals surface area contributed by atoms with Gasteiger partial charge >= 0.3 is 0 Å². The number of likely N-dealkylation sites (N-methyl/N-ethyl adjacent to an activating group) is 1. The second kappa shape index (κ2) is 40.8. The Morgan fingerprint density at radius 1 is 0.621 bits per heavy atom. The van der Waals surface area contributed by atoms with Gasteiger partial charge < -0.3 is 28.8 Å². The van der Waals surface area contributed by atoms with E-state index in [2.05, 4.69) is 67.8 Å². The number of unbranched alkanes of at least 4 members (excludes halogenated alkanes) is 22. The zero-order chi connectivity index (χ0) is 42.8. The number of nitrogens with one attached hydrogen (secondary N) is 1. The molecule has 0 heterocycles. The number of carbonyl (C=O) groups is 1. The van der Waals surface area contributed by atoms with E-state index < -0.39 is 20.0 Å². The van der Waals surface area contributed by atoms with Gasteiger partial charge in [-0.2, -0.15) is 0 Å². The first-order valence-corrected chi connectivity index (χ1v) is 25.4. The molecule has 0 aromatic heterocycles. The van der Waals surface area contributed by atoms with Crippen LogP contribution in [0.1, 0.15) is 206 Å². The lowest BCUT2D eigenvalue weighted by atomic mass is 10.0. The number of amides is 1. The normalized spacial score (nSPS) is 14.7. The monoisotopic (exact) mass is 837 g/mol. The fourth-order valence-electron chi connectivity index (χ4n) is 6.80. The Morgan fingerprint density at radius 2 is 1.05 bits per heavy atom. The first-order valence-electron chi connectivity index (χ1n) is 24.0. The van der Waals surface area contributed by atoms with E-state index in [0.717, 1.165) is 64.2 Å². The Bertz CT molecular complexity index is 1090. The van der Waals surface area contributed by atoms with Crippen LogP contribution in [0.5, 0.6) is 0 Å². The molecule has 9 heteroatoms. The van der Waals surface area contributed by atoms with Crippen molar-refractivity contribution in [3.05, 3.63) is 48.6 Å². The zero-order valence-corrected chi connectivity index (χ0v) is 39.4. The Labute approximate surface area is 359 Å². The Balaban J connectivity index is 4.08. The van der Waals surface area contributed by atoms with Gasteiger partial charge in [0.15, 0.2) is 0 Å². The third kappa shape index (κ3) is 42.6. The van der Waals surface area contributed by atoms with Crippen LogP contribution < -0.4 is 10.2 Å². The van der Waals surface area contributed by atoms with Gasteiger partial charge in [-0.05, 0) is 51.4 Å². The van der Waals surface area contributed by atoms with Crippen molar-refractivity contribution in [1.29, 1.82) is 0 Å². The van der Waals surface area contributed by atoms with Crippen molar-refractivity contribution in [2.24, 2.45) is 0 Å². The molecule has 0 radical (unpaired) electrons. The maximum absolute atomic E-state index is 12.9. The maximum Gasteiger partial charge on any atom is 0.268 e. The third-order valence-electron chi connectivity index (χ3n) is 10.6. The molecule has 0 aromatic rings. The van der Waals surface area contributed by atoms with Crippen LogP contribution in [-0.2, 0) is 18.4 Å². The van der Waals surface area contributed by atoms with Crippen LogP contribution in [0.2, 0.25) is 0 Å². The molecule has 0 aromatic carbocycles. The first kappa shape index (κ1) is 56.5. The lowest BCUT2D eigenvalue weighted by molar-refractivity contribution is -0.870. The molecule has 0 aliphatic rings. The van der Waals surface area contributed by atoms with Gasteiger partial charge in [0.1, 0.15) is 13.2 Å². The van der Waals surface area contributed by atoms with Crippen molar-refractivity contribution in [3.63, 3.8) is 0 Å². The molecule has 0 fully saturated rings. The van der Waals surface area contributed by atoms with Gasteiger partial charge in [-0.3, -0.25) is 9.36 Å². The van der Waals surface area contributed by atoms with Gasteiger partial charge in [-0.15, -0.1) is 0 Å². The van der Waals surface area contributed by atoms with Gasteiger partial charge in [-0.25, -0.2) is 0 Å². The van der Waals surface area contributed by atoms with E-state index in [0.29, 0.717) is 23.9 Å². The highest BCUT2D eigenvalue weighted by Gasteiger charge is 2.24. The largest absolute Gasteiger partial charge is 0.756 e. The highest BCUT2D eigenvalue weighted by atomic mass is 31.2. The number of carbonyl (C=O) groups excluding carboxylic acids is 1. The molecule has 0 saturated heterocycles. The van der Waals surface area contributed by atoms with Crippen LogP contribution in [0, 0.1) is 0 Å². The fourth-order valence-corrected chi connectivity index (χ4v) is 7.52. The summed E-state index contributed by atoms with van der Waals surface area (Å²) >= 11 is 0. The average molecular weight is 837 g/mol. The van der Waals surface area contributed by atoms with Crippen LogP contribution in [-0.4, -0.2) is 68.5 Å². The lowest BCUT2D eigenvalue weighted by Gasteiger charge is -2.30. The Hall–Kier alpha value is -1.54. The SMILES string of the molecule is CC/C=C\C/C=C\C/C=C\C/C=C\CCCCCCCCCCCCCCCCC(=O)NC(COP(=O)([O-])OCC[N+](C)(C)C)C(O)CCCCCCCCCCC. The van der Waals surface area contributed by atoms with Crippen molar-refractivity contribution in [2.75, 3.05) is 40.9 Å². The van der Waals surface area contributed by atoms with Crippen molar-refractivity contribution in [2.45, 2.75) is 219 Å². The van der Waals surface area contributed by atoms with E-state index in [-0.39, 0.29) is 19.1 Å². The summed E-state index contributed by atoms with van der Waals surface area (Å²) in [4.78, 5) is 25.3. The molecule has 8 nitrogen and oxygen atoms in total. The molecule has 0 rings (SSSR count). The average Bonchev–Trinajstić information content (AvgIpc) is 3.17. The molecule has 58 heavy (non-hydrogen) atoms. The van der Waals surface area contributed by atoms with Gasteiger partial charge in [0, 0.05) is 6.42 Å². The molecule has 340 valence electrons. The van der Waals surface area contributed by atoms with Crippen LogP contribution in [0.3, 0.4) is 0 Å². The third-order valence-corrected chi connectivity index (χ3v) is 11.5. The van der Waals surface area contributed by atoms with Crippen LogP contribution in [0.15, 0.2) is 48.6 Å².